The molecule has 0 aliphatic heterocycles. The lowest BCUT2D eigenvalue weighted by atomic mass is 9.82. The van der Waals surface area contributed by atoms with Gasteiger partial charge in [-0.1, -0.05) is 42.5 Å². The van der Waals surface area contributed by atoms with Crippen LogP contribution in [-0.2, 0) is 11.2 Å². The number of rotatable bonds is 5. The summed E-state index contributed by atoms with van der Waals surface area (Å²) in [5.41, 5.74) is 3.41. The highest BCUT2D eigenvalue weighted by Crippen LogP contribution is 2.38. The first kappa shape index (κ1) is 18.1. The molecule has 0 fully saturated rings. The van der Waals surface area contributed by atoms with Gasteiger partial charge in [0.1, 0.15) is 0 Å². The predicted octanol–water partition coefficient (Wildman–Crippen LogP) is 5.19. The third-order valence-electron chi connectivity index (χ3n) is 5.77. The number of hydrogen-bond donors (Lipinski definition) is 2. The van der Waals surface area contributed by atoms with Gasteiger partial charge in [0.2, 0.25) is 5.91 Å². The maximum atomic E-state index is 13.0. The van der Waals surface area contributed by atoms with Crippen LogP contribution >= 0.6 is 11.3 Å². The monoisotopic (exact) mass is 401 g/mol. The van der Waals surface area contributed by atoms with Crippen LogP contribution in [0.15, 0.2) is 66.9 Å². The van der Waals surface area contributed by atoms with Crippen LogP contribution in [0, 0.1) is 5.92 Å². The Morgan fingerprint density at radius 2 is 1.93 bits per heavy atom. The number of nitrogens with one attached hydrogen (secondary N) is 2. The third-order valence-corrected chi connectivity index (χ3v) is 6.93. The molecule has 4 aromatic rings. The molecule has 29 heavy (non-hydrogen) atoms. The largest absolute Gasteiger partial charge is 0.361 e. The van der Waals surface area contributed by atoms with Gasteiger partial charge in [-0.3, -0.25) is 4.79 Å². The number of nitrogens with zero attached hydrogens (tertiary/aromatic N) is 1. The maximum absolute atomic E-state index is 13.0. The molecular weight excluding hydrogens is 378 g/mol. The lowest BCUT2D eigenvalue weighted by Gasteiger charge is -2.26. The average molecular weight is 402 g/mol. The summed E-state index contributed by atoms with van der Waals surface area (Å²) in [6.45, 7) is 0.646. The molecule has 0 spiro atoms. The van der Waals surface area contributed by atoms with Gasteiger partial charge >= 0.3 is 0 Å². The molecule has 146 valence electrons. The minimum atomic E-state index is -0.0523. The molecule has 0 saturated carbocycles. The Bertz CT molecular complexity index is 1160. The van der Waals surface area contributed by atoms with Crippen molar-refractivity contribution < 1.29 is 4.79 Å². The van der Waals surface area contributed by atoms with Gasteiger partial charge in [0.15, 0.2) is 0 Å². The van der Waals surface area contributed by atoms with Crippen LogP contribution in [0.5, 0.6) is 0 Å². The SMILES string of the molecule is O=C(NCCc1c[nH]c2ccccc12)[C@@H]1CC=CC[C@@H]1c1nc2ccccc2s1. The van der Waals surface area contributed by atoms with Gasteiger partial charge in [-0.2, -0.15) is 0 Å². The van der Waals surface area contributed by atoms with E-state index in [4.69, 9.17) is 4.98 Å². The lowest BCUT2D eigenvalue weighted by Crippen LogP contribution is -2.36. The van der Waals surface area contributed by atoms with Gasteiger partial charge in [-0.25, -0.2) is 4.98 Å². The number of hydrogen-bond acceptors (Lipinski definition) is 3. The van der Waals surface area contributed by atoms with Crippen LogP contribution in [0.25, 0.3) is 21.1 Å². The normalized spacial score (nSPS) is 19.0. The van der Waals surface area contributed by atoms with Crippen LogP contribution in [0.2, 0.25) is 0 Å². The molecule has 0 radical (unpaired) electrons. The molecule has 0 unspecified atom stereocenters. The van der Waals surface area contributed by atoms with Crippen LogP contribution in [0.1, 0.15) is 29.3 Å². The van der Waals surface area contributed by atoms with E-state index in [1.54, 1.807) is 11.3 Å². The van der Waals surface area contributed by atoms with Crippen molar-refractivity contribution in [2.75, 3.05) is 6.54 Å². The van der Waals surface area contributed by atoms with Crippen molar-refractivity contribution in [2.24, 2.45) is 5.92 Å². The smallest absolute Gasteiger partial charge is 0.224 e. The zero-order valence-electron chi connectivity index (χ0n) is 16.1. The first-order chi connectivity index (χ1) is 14.3. The minimum Gasteiger partial charge on any atom is -0.361 e. The fourth-order valence-corrected chi connectivity index (χ4v) is 5.36. The second-order valence-corrected chi connectivity index (χ2v) is 8.64. The Morgan fingerprint density at radius 1 is 1.10 bits per heavy atom. The summed E-state index contributed by atoms with van der Waals surface area (Å²) in [5.74, 6) is 0.243. The van der Waals surface area contributed by atoms with E-state index in [-0.39, 0.29) is 17.7 Å². The molecular formula is C24H23N3OS. The summed E-state index contributed by atoms with van der Waals surface area (Å²) in [6.07, 6.45) is 8.84. The summed E-state index contributed by atoms with van der Waals surface area (Å²) >= 11 is 1.72. The number of amides is 1. The summed E-state index contributed by atoms with van der Waals surface area (Å²) in [5, 5.41) is 5.49. The van der Waals surface area contributed by atoms with Gasteiger partial charge in [0.05, 0.1) is 21.1 Å². The van der Waals surface area contributed by atoms with E-state index in [9.17, 15) is 4.79 Å². The number of benzene rings is 2. The third kappa shape index (κ3) is 3.58. The predicted molar refractivity (Wildman–Crippen MR) is 119 cm³/mol. The van der Waals surface area contributed by atoms with Crippen molar-refractivity contribution in [1.29, 1.82) is 0 Å². The summed E-state index contributed by atoms with van der Waals surface area (Å²) in [4.78, 5) is 21.1. The summed E-state index contributed by atoms with van der Waals surface area (Å²) < 4.78 is 1.19. The molecule has 2 aromatic heterocycles. The molecule has 2 N–H and O–H groups in total. The standard InChI is InChI=1S/C24H23N3OS/c28-23(25-14-13-16-15-26-20-10-4-3-7-17(16)20)18-8-1-2-9-19(18)24-27-21-11-5-6-12-22(21)29-24/h1-7,10-12,15,18-19,26H,8-9,13-14H2,(H,25,28)/t18-,19+/m1/s1. The maximum Gasteiger partial charge on any atom is 0.224 e. The van der Waals surface area contributed by atoms with Gasteiger partial charge < -0.3 is 10.3 Å². The molecule has 2 aromatic carbocycles. The van der Waals surface area contributed by atoms with Gasteiger partial charge in [0.25, 0.3) is 0 Å². The lowest BCUT2D eigenvalue weighted by molar-refractivity contribution is -0.125. The number of carbonyl (C=O) groups is 1. The molecule has 2 atom stereocenters. The number of H-pyrrole nitrogens is 1. The first-order valence-electron chi connectivity index (χ1n) is 10.1. The molecule has 1 aliphatic rings. The quantitative estimate of drug-likeness (QED) is 0.452. The fourth-order valence-electron chi connectivity index (χ4n) is 4.22. The molecule has 0 saturated heterocycles. The Kier molecular flexibility index (Phi) is 4.90. The van der Waals surface area contributed by atoms with Crippen LogP contribution in [0.4, 0.5) is 0 Å². The fraction of sp³-hybridized carbons (Fsp3) is 0.250. The van der Waals surface area contributed by atoms with E-state index in [1.807, 2.05) is 30.5 Å². The Balaban J connectivity index is 1.28. The number of fused-ring (bicyclic) bond motifs is 2. The van der Waals surface area contributed by atoms with Crippen molar-refractivity contribution in [3.05, 3.63) is 77.5 Å². The van der Waals surface area contributed by atoms with Crippen LogP contribution in [-0.4, -0.2) is 22.4 Å². The van der Waals surface area contributed by atoms with Gasteiger partial charge in [0, 0.05) is 29.6 Å². The molecule has 0 bridgehead atoms. The van der Waals surface area contributed by atoms with E-state index in [1.165, 1.54) is 15.6 Å². The highest BCUT2D eigenvalue weighted by molar-refractivity contribution is 7.18. The molecule has 5 heteroatoms. The number of allylic oxidation sites excluding steroid dienone is 2. The molecule has 1 amide bonds. The van der Waals surface area contributed by atoms with E-state index < -0.39 is 0 Å². The van der Waals surface area contributed by atoms with Gasteiger partial charge in [-0.15, -0.1) is 11.3 Å². The number of para-hydroxylation sites is 2. The molecule has 5 rings (SSSR count). The zero-order valence-corrected chi connectivity index (χ0v) is 16.9. The van der Waals surface area contributed by atoms with Crippen LogP contribution < -0.4 is 5.32 Å². The van der Waals surface area contributed by atoms with Crippen molar-refractivity contribution in [2.45, 2.75) is 25.2 Å². The topological polar surface area (TPSA) is 57.8 Å². The van der Waals surface area contributed by atoms with E-state index in [0.717, 1.165) is 35.3 Å². The highest BCUT2D eigenvalue weighted by atomic mass is 32.1. The number of thiazole rings is 1. The Labute approximate surface area is 173 Å². The summed E-state index contributed by atoms with van der Waals surface area (Å²) in [7, 11) is 0. The van der Waals surface area contributed by atoms with Crippen molar-refractivity contribution in [1.82, 2.24) is 15.3 Å². The second-order valence-electron chi connectivity index (χ2n) is 7.58. The minimum absolute atomic E-state index is 0.0523. The summed E-state index contributed by atoms with van der Waals surface area (Å²) in [6, 6.07) is 16.5. The number of aromatic amines is 1. The van der Waals surface area contributed by atoms with E-state index >= 15 is 0 Å². The van der Waals surface area contributed by atoms with Crippen molar-refractivity contribution >= 4 is 38.4 Å². The second kappa shape index (κ2) is 7.84. The van der Waals surface area contributed by atoms with Gasteiger partial charge in [-0.05, 0) is 43.0 Å². The molecule has 4 nitrogen and oxygen atoms in total. The first-order valence-corrected chi connectivity index (χ1v) is 10.9. The molecule has 1 aliphatic carbocycles. The zero-order chi connectivity index (χ0) is 19.6. The number of carbonyl (C=O) groups excluding carboxylic acids is 1. The Morgan fingerprint density at radius 3 is 2.86 bits per heavy atom. The van der Waals surface area contributed by atoms with Crippen molar-refractivity contribution in [3.63, 3.8) is 0 Å². The van der Waals surface area contributed by atoms with Crippen LogP contribution in [0.3, 0.4) is 0 Å². The molecule has 2 heterocycles. The van der Waals surface area contributed by atoms with E-state index in [2.05, 4.69) is 46.7 Å². The number of aromatic nitrogens is 2. The average Bonchev–Trinajstić information content (AvgIpc) is 3.38. The highest BCUT2D eigenvalue weighted by Gasteiger charge is 2.32. The Hall–Kier alpha value is -2.92. The van der Waals surface area contributed by atoms with Crippen molar-refractivity contribution in [3.8, 4) is 0 Å². The van der Waals surface area contributed by atoms with E-state index in [0.29, 0.717) is 6.54 Å².